The molecule has 0 amide bonds. The molecule has 1 saturated carbocycles. The largest absolute Gasteiger partial charge is 0.484 e. The summed E-state index contributed by atoms with van der Waals surface area (Å²) in [5, 5.41) is 0. The molecule has 1 unspecified atom stereocenters. The molecule has 2 aliphatic carbocycles. The van der Waals surface area contributed by atoms with E-state index in [4.69, 9.17) is 4.74 Å². The van der Waals surface area contributed by atoms with Crippen LogP contribution in [-0.4, -0.2) is 9.55 Å². The molecule has 1 fully saturated rings. The maximum atomic E-state index is 12.9. The minimum absolute atomic E-state index is 0.0433. The van der Waals surface area contributed by atoms with Gasteiger partial charge in [0.15, 0.2) is 0 Å². The molecule has 1 heterocycles. The maximum Gasteiger partial charge on any atom is 0.328 e. The van der Waals surface area contributed by atoms with Gasteiger partial charge in [0.2, 0.25) is 0 Å². The standard InChI is InChI=1S/C19H21BrN2O3/c20-12-6-8-14(9-7-12)25-16-11-10-15-17(16)21-19(24)22(18(15)23)13-4-2-1-3-5-13/h6-9,13,16H,1-5,10-11H2,(H,21,24). The van der Waals surface area contributed by atoms with Crippen LogP contribution in [0.15, 0.2) is 38.3 Å². The van der Waals surface area contributed by atoms with Crippen molar-refractivity contribution in [2.75, 3.05) is 0 Å². The van der Waals surface area contributed by atoms with Gasteiger partial charge in [-0.1, -0.05) is 35.2 Å². The lowest BCUT2D eigenvalue weighted by Crippen LogP contribution is -2.41. The van der Waals surface area contributed by atoms with E-state index in [0.29, 0.717) is 24.1 Å². The fourth-order valence-corrected chi connectivity index (χ4v) is 4.27. The topological polar surface area (TPSA) is 64.1 Å². The number of fused-ring (bicyclic) bond motifs is 1. The average Bonchev–Trinajstić information content (AvgIpc) is 3.01. The highest BCUT2D eigenvalue weighted by atomic mass is 79.9. The summed E-state index contributed by atoms with van der Waals surface area (Å²) < 4.78 is 8.45. The first-order chi connectivity index (χ1) is 12.1. The van der Waals surface area contributed by atoms with Crippen LogP contribution in [0.2, 0.25) is 0 Å². The lowest BCUT2D eigenvalue weighted by atomic mass is 9.95. The molecule has 5 nitrogen and oxygen atoms in total. The third-order valence-corrected chi connectivity index (χ3v) is 5.80. The summed E-state index contributed by atoms with van der Waals surface area (Å²) in [5.41, 5.74) is 0.965. The van der Waals surface area contributed by atoms with E-state index < -0.39 is 0 Å². The van der Waals surface area contributed by atoms with E-state index in [1.165, 1.54) is 11.0 Å². The molecular formula is C19H21BrN2O3. The normalized spacial score (nSPS) is 20.4. The summed E-state index contributed by atoms with van der Waals surface area (Å²) in [6, 6.07) is 7.62. The van der Waals surface area contributed by atoms with Gasteiger partial charge >= 0.3 is 5.69 Å². The Morgan fingerprint density at radius 2 is 1.76 bits per heavy atom. The van der Waals surface area contributed by atoms with E-state index in [1.807, 2.05) is 24.3 Å². The first-order valence-corrected chi connectivity index (χ1v) is 9.72. The summed E-state index contributed by atoms with van der Waals surface area (Å²) >= 11 is 3.40. The molecule has 0 bridgehead atoms. The number of hydrogen-bond donors (Lipinski definition) is 1. The zero-order chi connectivity index (χ0) is 17.4. The van der Waals surface area contributed by atoms with E-state index >= 15 is 0 Å². The van der Waals surface area contributed by atoms with E-state index in [1.54, 1.807) is 0 Å². The van der Waals surface area contributed by atoms with Crippen LogP contribution in [0.1, 0.15) is 61.9 Å². The number of nitrogens with zero attached hydrogens (tertiary/aromatic N) is 1. The molecule has 4 rings (SSSR count). The van der Waals surface area contributed by atoms with Gasteiger partial charge in [0, 0.05) is 16.1 Å². The van der Waals surface area contributed by atoms with E-state index in [9.17, 15) is 9.59 Å². The van der Waals surface area contributed by atoms with Gasteiger partial charge < -0.3 is 9.72 Å². The third-order valence-electron chi connectivity index (χ3n) is 5.27. The number of ether oxygens (including phenoxy) is 1. The summed E-state index contributed by atoms with van der Waals surface area (Å²) in [4.78, 5) is 28.4. The zero-order valence-corrected chi connectivity index (χ0v) is 15.5. The highest BCUT2D eigenvalue weighted by Crippen LogP contribution is 2.33. The van der Waals surface area contributed by atoms with Crippen LogP contribution in [0.5, 0.6) is 5.75 Å². The maximum absolute atomic E-state index is 12.9. The van der Waals surface area contributed by atoms with Crippen molar-refractivity contribution in [2.45, 2.75) is 57.1 Å². The first kappa shape index (κ1) is 16.6. The molecule has 0 aliphatic heterocycles. The van der Waals surface area contributed by atoms with Crippen molar-refractivity contribution in [3.63, 3.8) is 0 Å². The fraction of sp³-hybridized carbons (Fsp3) is 0.474. The van der Waals surface area contributed by atoms with Crippen molar-refractivity contribution in [3.8, 4) is 5.75 Å². The predicted molar refractivity (Wildman–Crippen MR) is 99.3 cm³/mol. The van der Waals surface area contributed by atoms with Crippen LogP contribution >= 0.6 is 15.9 Å². The van der Waals surface area contributed by atoms with Gasteiger partial charge in [-0.25, -0.2) is 4.79 Å². The average molecular weight is 405 g/mol. The van der Waals surface area contributed by atoms with Crippen molar-refractivity contribution < 1.29 is 4.74 Å². The second-order valence-electron chi connectivity index (χ2n) is 6.89. The van der Waals surface area contributed by atoms with E-state index in [-0.39, 0.29) is 23.4 Å². The molecule has 2 aliphatic rings. The van der Waals surface area contributed by atoms with Crippen molar-refractivity contribution in [2.24, 2.45) is 0 Å². The van der Waals surface area contributed by atoms with Crippen molar-refractivity contribution in [1.29, 1.82) is 0 Å². The number of halogens is 1. The van der Waals surface area contributed by atoms with Gasteiger partial charge in [0.1, 0.15) is 11.9 Å². The Morgan fingerprint density at radius 3 is 2.48 bits per heavy atom. The molecule has 0 radical (unpaired) electrons. The molecular weight excluding hydrogens is 384 g/mol. The molecule has 132 valence electrons. The lowest BCUT2D eigenvalue weighted by Gasteiger charge is -2.23. The van der Waals surface area contributed by atoms with Crippen molar-refractivity contribution in [3.05, 3.63) is 60.8 Å². The SMILES string of the molecule is O=c1[nH]c2c(c(=O)n1C1CCCCC1)CCC2Oc1ccc(Br)cc1. The smallest absolute Gasteiger partial charge is 0.328 e. The van der Waals surface area contributed by atoms with Crippen molar-refractivity contribution in [1.82, 2.24) is 9.55 Å². The number of aromatic amines is 1. The molecule has 1 aromatic carbocycles. The monoisotopic (exact) mass is 404 g/mol. The van der Waals surface area contributed by atoms with Gasteiger partial charge in [0.05, 0.1) is 5.69 Å². The molecule has 1 atom stereocenters. The zero-order valence-electron chi connectivity index (χ0n) is 14.0. The van der Waals surface area contributed by atoms with Gasteiger partial charge in [-0.2, -0.15) is 0 Å². The molecule has 0 saturated heterocycles. The second kappa shape index (κ2) is 6.83. The van der Waals surface area contributed by atoms with Crippen LogP contribution in [0.4, 0.5) is 0 Å². The van der Waals surface area contributed by atoms with E-state index in [2.05, 4.69) is 20.9 Å². The fourth-order valence-electron chi connectivity index (χ4n) is 4.01. The number of benzene rings is 1. The Bertz CT molecular complexity index is 879. The minimum Gasteiger partial charge on any atom is -0.484 e. The van der Waals surface area contributed by atoms with Gasteiger partial charge in [-0.15, -0.1) is 0 Å². The van der Waals surface area contributed by atoms with Gasteiger partial charge in [-0.3, -0.25) is 9.36 Å². The van der Waals surface area contributed by atoms with E-state index in [0.717, 1.165) is 35.9 Å². The molecule has 1 aromatic heterocycles. The highest BCUT2D eigenvalue weighted by Gasteiger charge is 2.31. The third kappa shape index (κ3) is 3.19. The Hall–Kier alpha value is -1.82. The summed E-state index contributed by atoms with van der Waals surface area (Å²) in [5.74, 6) is 0.735. The Morgan fingerprint density at radius 1 is 1.04 bits per heavy atom. The highest BCUT2D eigenvalue weighted by molar-refractivity contribution is 9.10. The minimum atomic E-state index is -0.290. The lowest BCUT2D eigenvalue weighted by molar-refractivity contribution is 0.202. The van der Waals surface area contributed by atoms with Gasteiger partial charge in [-0.05, 0) is 49.9 Å². The van der Waals surface area contributed by atoms with Crippen LogP contribution in [0, 0.1) is 0 Å². The Kier molecular flexibility index (Phi) is 4.54. The first-order valence-electron chi connectivity index (χ1n) is 8.93. The second-order valence-corrected chi connectivity index (χ2v) is 7.80. The Balaban J connectivity index is 1.65. The number of nitrogens with one attached hydrogen (secondary N) is 1. The summed E-state index contributed by atoms with van der Waals surface area (Å²) in [7, 11) is 0. The molecule has 0 spiro atoms. The molecule has 6 heteroatoms. The van der Waals surface area contributed by atoms with Gasteiger partial charge in [0.25, 0.3) is 5.56 Å². The van der Waals surface area contributed by atoms with Crippen LogP contribution in [-0.2, 0) is 6.42 Å². The van der Waals surface area contributed by atoms with Crippen LogP contribution < -0.4 is 16.0 Å². The summed E-state index contributed by atoms with van der Waals surface area (Å²) in [6.07, 6.45) is 6.30. The number of rotatable bonds is 3. The quantitative estimate of drug-likeness (QED) is 0.843. The molecule has 25 heavy (non-hydrogen) atoms. The molecule has 1 N–H and O–H groups in total. The van der Waals surface area contributed by atoms with Crippen molar-refractivity contribution >= 4 is 15.9 Å². The predicted octanol–water partition coefficient (Wildman–Crippen LogP) is 3.87. The summed E-state index contributed by atoms with van der Waals surface area (Å²) in [6.45, 7) is 0. The number of aromatic nitrogens is 2. The number of hydrogen-bond acceptors (Lipinski definition) is 3. The van der Waals surface area contributed by atoms with Crippen LogP contribution in [0.25, 0.3) is 0 Å². The Labute approximate surface area is 154 Å². The van der Waals surface area contributed by atoms with Crippen LogP contribution in [0.3, 0.4) is 0 Å². The number of H-pyrrole nitrogens is 1. The molecule has 2 aromatic rings.